The van der Waals surface area contributed by atoms with Gasteiger partial charge in [0.25, 0.3) is 0 Å². The van der Waals surface area contributed by atoms with Gasteiger partial charge in [0.2, 0.25) is 5.89 Å². The van der Waals surface area contributed by atoms with Gasteiger partial charge in [0.15, 0.2) is 11.8 Å². The second kappa shape index (κ2) is 10.8. The first-order valence-corrected chi connectivity index (χ1v) is 7.19. The molecule has 0 saturated heterocycles. The van der Waals surface area contributed by atoms with E-state index in [0.717, 1.165) is 18.7 Å². The van der Waals surface area contributed by atoms with Gasteiger partial charge < -0.3 is 19.9 Å². The molecule has 0 unspecified atom stereocenters. The first kappa shape index (κ1) is 19.2. The summed E-state index contributed by atoms with van der Waals surface area (Å²) in [5, 5.41) is 10.0. The fourth-order valence-corrected chi connectivity index (χ4v) is 1.78. The van der Waals surface area contributed by atoms with Crippen molar-refractivity contribution in [1.29, 1.82) is 0 Å². The van der Waals surface area contributed by atoms with Crippen molar-refractivity contribution in [3.63, 3.8) is 0 Å². The normalized spacial score (nSPS) is 10.8. The SMILES string of the molecule is CN=C(NCCCOc1ccccc1)NCc1nc(C)no1.I. The second-order valence-corrected chi connectivity index (χ2v) is 4.60. The molecule has 2 N–H and O–H groups in total. The summed E-state index contributed by atoms with van der Waals surface area (Å²) >= 11 is 0. The summed E-state index contributed by atoms with van der Waals surface area (Å²) in [6.45, 7) is 3.64. The van der Waals surface area contributed by atoms with Crippen LogP contribution in [-0.4, -0.2) is 36.3 Å². The third-order valence-electron chi connectivity index (χ3n) is 2.83. The van der Waals surface area contributed by atoms with Gasteiger partial charge in [-0.1, -0.05) is 23.4 Å². The average Bonchev–Trinajstić information content (AvgIpc) is 2.96. The number of para-hydroxylation sites is 1. The van der Waals surface area contributed by atoms with Crippen molar-refractivity contribution >= 4 is 29.9 Å². The van der Waals surface area contributed by atoms with Crippen molar-refractivity contribution in [2.75, 3.05) is 20.2 Å². The Morgan fingerprint density at radius 1 is 1.26 bits per heavy atom. The van der Waals surface area contributed by atoms with Gasteiger partial charge in [-0.2, -0.15) is 4.98 Å². The maximum atomic E-state index is 5.62. The molecule has 0 amide bonds. The highest BCUT2D eigenvalue weighted by Crippen LogP contribution is 2.07. The summed E-state index contributed by atoms with van der Waals surface area (Å²) in [5.74, 6) is 2.73. The van der Waals surface area contributed by atoms with Crippen molar-refractivity contribution in [2.45, 2.75) is 19.9 Å². The Labute approximate surface area is 152 Å². The lowest BCUT2D eigenvalue weighted by Gasteiger charge is -2.10. The number of aromatic nitrogens is 2. The predicted octanol–water partition coefficient (Wildman–Crippen LogP) is 2.13. The molecule has 0 radical (unpaired) electrons. The number of guanidine groups is 1. The zero-order valence-corrected chi connectivity index (χ0v) is 15.6. The Kier molecular flexibility index (Phi) is 9.03. The maximum absolute atomic E-state index is 5.62. The van der Waals surface area contributed by atoms with E-state index in [1.807, 2.05) is 30.3 Å². The third-order valence-corrected chi connectivity index (χ3v) is 2.83. The molecule has 0 aliphatic rings. The summed E-state index contributed by atoms with van der Waals surface area (Å²) < 4.78 is 10.6. The molecular weight excluding hydrogens is 409 g/mol. The number of hydrogen-bond acceptors (Lipinski definition) is 5. The molecule has 0 atom stereocenters. The van der Waals surface area contributed by atoms with Crippen LogP contribution in [0.1, 0.15) is 18.1 Å². The largest absolute Gasteiger partial charge is 0.494 e. The van der Waals surface area contributed by atoms with E-state index in [0.29, 0.717) is 30.8 Å². The van der Waals surface area contributed by atoms with Crippen LogP contribution in [0.15, 0.2) is 39.8 Å². The Hall–Kier alpha value is -1.84. The highest BCUT2D eigenvalue weighted by molar-refractivity contribution is 14.0. The van der Waals surface area contributed by atoms with Crippen LogP contribution in [-0.2, 0) is 6.54 Å². The molecule has 1 aromatic carbocycles. The molecule has 0 fully saturated rings. The average molecular weight is 431 g/mol. The van der Waals surface area contributed by atoms with Crippen LogP contribution < -0.4 is 15.4 Å². The van der Waals surface area contributed by atoms with E-state index in [-0.39, 0.29) is 24.0 Å². The van der Waals surface area contributed by atoms with Crippen LogP contribution in [0.25, 0.3) is 0 Å². The van der Waals surface area contributed by atoms with Crippen molar-refractivity contribution in [3.05, 3.63) is 42.0 Å². The van der Waals surface area contributed by atoms with Gasteiger partial charge in [-0.15, -0.1) is 24.0 Å². The minimum absolute atomic E-state index is 0. The molecule has 7 nitrogen and oxygen atoms in total. The smallest absolute Gasteiger partial charge is 0.246 e. The highest BCUT2D eigenvalue weighted by atomic mass is 127. The van der Waals surface area contributed by atoms with Crippen LogP contribution >= 0.6 is 24.0 Å². The van der Waals surface area contributed by atoms with E-state index < -0.39 is 0 Å². The molecule has 2 rings (SSSR count). The van der Waals surface area contributed by atoms with Gasteiger partial charge in [-0.25, -0.2) is 0 Å². The van der Waals surface area contributed by atoms with Crippen molar-refractivity contribution in [3.8, 4) is 5.75 Å². The quantitative estimate of drug-likeness (QED) is 0.303. The minimum Gasteiger partial charge on any atom is -0.494 e. The number of aliphatic imine (C=N–C) groups is 1. The molecule has 0 aliphatic heterocycles. The first-order valence-electron chi connectivity index (χ1n) is 7.19. The summed E-state index contributed by atoms with van der Waals surface area (Å²) in [6, 6.07) is 9.77. The van der Waals surface area contributed by atoms with Gasteiger partial charge in [0.1, 0.15) is 5.75 Å². The molecule has 23 heavy (non-hydrogen) atoms. The van der Waals surface area contributed by atoms with E-state index in [1.54, 1.807) is 14.0 Å². The van der Waals surface area contributed by atoms with Crippen molar-refractivity contribution < 1.29 is 9.26 Å². The first-order chi connectivity index (χ1) is 10.8. The number of nitrogens with one attached hydrogen (secondary N) is 2. The molecule has 8 heteroatoms. The van der Waals surface area contributed by atoms with Gasteiger partial charge >= 0.3 is 0 Å². The number of rotatable bonds is 7. The molecule has 1 aromatic heterocycles. The standard InChI is InChI=1S/C15H21N5O2.HI/c1-12-19-14(22-20-12)11-18-15(16-2)17-9-6-10-21-13-7-4-3-5-8-13;/h3-5,7-8H,6,9-11H2,1-2H3,(H2,16,17,18);1H. The number of aryl methyl sites for hydroxylation is 1. The molecule has 2 aromatic rings. The number of nitrogens with zero attached hydrogens (tertiary/aromatic N) is 3. The summed E-state index contributed by atoms with van der Waals surface area (Å²) in [4.78, 5) is 8.25. The fourth-order valence-electron chi connectivity index (χ4n) is 1.78. The predicted molar refractivity (Wildman–Crippen MR) is 99.2 cm³/mol. The number of halogens is 1. The van der Waals surface area contributed by atoms with Gasteiger partial charge in [0, 0.05) is 13.6 Å². The summed E-state index contributed by atoms with van der Waals surface area (Å²) in [7, 11) is 1.72. The topological polar surface area (TPSA) is 84.6 Å². The Morgan fingerprint density at radius 3 is 2.70 bits per heavy atom. The number of ether oxygens (including phenoxy) is 1. The summed E-state index contributed by atoms with van der Waals surface area (Å²) in [5.41, 5.74) is 0. The lowest BCUT2D eigenvalue weighted by Crippen LogP contribution is -2.37. The van der Waals surface area contributed by atoms with E-state index in [2.05, 4.69) is 25.8 Å². The summed E-state index contributed by atoms with van der Waals surface area (Å²) in [6.07, 6.45) is 0.870. The van der Waals surface area contributed by atoms with Crippen LogP contribution in [0.5, 0.6) is 5.75 Å². The van der Waals surface area contributed by atoms with Gasteiger partial charge in [-0.3, -0.25) is 4.99 Å². The molecule has 0 aliphatic carbocycles. The molecular formula is C15H22IN5O2. The lowest BCUT2D eigenvalue weighted by molar-refractivity contribution is 0.311. The van der Waals surface area contributed by atoms with Crippen LogP contribution in [0, 0.1) is 6.92 Å². The molecule has 1 heterocycles. The van der Waals surface area contributed by atoms with Crippen molar-refractivity contribution in [2.24, 2.45) is 4.99 Å². The maximum Gasteiger partial charge on any atom is 0.246 e. The van der Waals surface area contributed by atoms with E-state index >= 15 is 0 Å². The lowest BCUT2D eigenvalue weighted by atomic mass is 10.3. The molecule has 0 saturated carbocycles. The molecule has 0 spiro atoms. The van der Waals surface area contributed by atoms with Crippen molar-refractivity contribution in [1.82, 2.24) is 20.8 Å². The Morgan fingerprint density at radius 2 is 2.04 bits per heavy atom. The monoisotopic (exact) mass is 431 g/mol. The van der Waals surface area contributed by atoms with E-state index in [1.165, 1.54) is 0 Å². The zero-order chi connectivity index (χ0) is 15.6. The van der Waals surface area contributed by atoms with E-state index in [4.69, 9.17) is 9.26 Å². The van der Waals surface area contributed by atoms with Gasteiger partial charge in [-0.05, 0) is 25.5 Å². The number of benzene rings is 1. The van der Waals surface area contributed by atoms with Crippen LogP contribution in [0.4, 0.5) is 0 Å². The highest BCUT2D eigenvalue weighted by Gasteiger charge is 2.03. The Bertz CT molecular complexity index is 589. The van der Waals surface area contributed by atoms with E-state index in [9.17, 15) is 0 Å². The zero-order valence-electron chi connectivity index (χ0n) is 13.3. The van der Waals surface area contributed by atoms with Crippen LogP contribution in [0.3, 0.4) is 0 Å². The second-order valence-electron chi connectivity index (χ2n) is 4.60. The fraction of sp³-hybridized carbons (Fsp3) is 0.400. The minimum atomic E-state index is 0. The number of hydrogen-bond donors (Lipinski definition) is 2. The third kappa shape index (κ3) is 7.31. The molecule has 126 valence electrons. The van der Waals surface area contributed by atoms with Gasteiger partial charge in [0.05, 0.1) is 13.2 Å². The van der Waals surface area contributed by atoms with Crippen LogP contribution in [0.2, 0.25) is 0 Å². The molecule has 0 bridgehead atoms. The Balaban J connectivity index is 0.00000264.